The number of nitrogens with zero attached hydrogens (tertiary/aromatic N) is 2. The summed E-state index contributed by atoms with van der Waals surface area (Å²) >= 11 is 5.63. The maximum absolute atomic E-state index is 14.2. The van der Waals surface area contributed by atoms with Crippen molar-refractivity contribution < 1.29 is 39.0 Å². The number of carbonyl (C=O) groups is 6. The Hall–Kier alpha value is -5.11. The lowest BCUT2D eigenvalue weighted by Crippen LogP contribution is -2.61. The van der Waals surface area contributed by atoms with Gasteiger partial charge in [0.05, 0.1) is 0 Å². The molecule has 14 nitrogen and oxygen atoms in total. The van der Waals surface area contributed by atoms with E-state index >= 15 is 0 Å². The summed E-state index contributed by atoms with van der Waals surface area (Å²) in [5, 5.41) is 25.0. The molecule has 0 radical (unpaired) electrons. The van der Waals surface area contributed by atoms with Gasteiger partial charge in [0.2, 0.25) is 29.5 Å². The van der Waals surface area contributed by atoms with Crippen LogP contribution in [0.4, 0.5) is 0 Å². The smallest absolute Gasteiger partial charge is 0.303 e. The number of nitrogens with two attached hydrogens (primary N) is 1. The molecule has 4 atom stereocenters. The van der Waals surface area contributed by atoms with Gasteiger partial charge in [-0.05, 0) is 55.0 Å². The van der Waals surface area contributed by atoms with Crippen molar-refractivity contribution in [3.63, 3.8) is 0 Å². The molecule has 1 fully saturated rings. The molecule has 7 N–H and O–H groups in total. The van der Waals surface area contributed by atoms with Gasteiger partial charge in [0.25, 0.3) is 0 Å². The number of aromatic nitrogens is 1. The number of fused-ring (bicyclic) bond motifs is 1. The highest BCUT2D eigenvalue weighted by Gasteiger charge is 2.39. The standard InChI is InChI=1S/C34H41ClN6O8/c1-40(28(31(36)46)16-20-9-11-22(42)12-10-20)33(48)26(17-21-19-37-24-7-3-2-6-23(21)24)39-32(47)27-8-4-5-15-41(27)34(49)25(13-14-30(44)45)38-29(43)18-35/h2-3,6-7,9-12,19,25-28,37,42H,4-5,8,13-18H2,1H3,(H2,36,46)(H,38,43)(H,39,47)(H,44,45). The molecule has 2 heterocycles. The van der Waals surface area contributed by atoms with Crippen LogP contribution in [0.1, 0.15) is 43.2 Å². The molecule has 262 valence electrons. The maximum Gasteiger partial charge on any atom is 0.303 e. The minimum absolute atomic E-state index is 0.0372. The zero-order chi connectivity index (χ0) is 35.7. The lowest BCUT2D eigenvalue weighted by Gasteiger charge is -2.38. The summed E-state index contributed by atoms with van der Waals surface area (Å²) in [5.74, 6) is -4.82. The number of carbonyl (C=O) groups excluding carboxylic acids is 5. The highest BCUT2D eigenvalue weighted by molar-refractivity contribution is 6.27. The van der Waals surface area contributed by atoms with Crippen LogP contribution < -0.4 is 16.4 Å². The van der Waals surface area contributed by atoms with Crippen LogP contribution >= 0.6 is 11.6 Å². The first-order valence-corrected chi connectivity index (χ1v) is 16.5. The lowest BCUT2D eigenvalue weighted by atomic mass is 9.97. The van der Waals surface area contributed by atoms with Crippen LogP contribution in [0.15, 0.2) is 54.7 Å². The molecule has 4 unspecified atom stereocenters. The Bertz CT molecular complexity index is 1680. The number of aromatic hydroxyl groups is 1. The van der Waals surface area contributed by atoms with E-state index in [1.54, 1.807) is 18.3 Å². The number of aromatic amines is 1. The summed E-state index contributed by atoms with van der Waals surface area (Å²) in [6.45, 7) is 0.175. The van der Waals surface area contributed by atoms with Crippen LogP contribution in [0.2, 0.25) is 0 Å². The van der Waals surface area contributed by atoms with E-state index < -0.39 is 72.0 Å². The largest absolute Gasteiger partial charge is 0.508 e. The third kappa shape index (κ3) is 9.50. The summed E-state index contributed by atoms with van der Waals surface area (Å²) in [5.41, 5.74) is 7.95. The van der Waals surface area contributed by atoms with Crippen molar-refractivity contribution in [2.45, 2.75) is 69.1 Å². The van der Waals surface area contributed by atoms with Crippen LogP contribution in [-0.2, 0) is 41.6 Å². The first kappa shape index (κ1) is 36.7. The molecule has 0 spiro atoms. The van der Waals surface area contributed by atoms with Crippen LogP contribution in [-0.4, -0.2) is 104 Å². The highest BCUT2D eigenvalue weighted by Crippen LogP contribution is 2.23. The predicted molar refractivity (Wildman–Crippen MR) is 180 cm³/mol. The number of hydrogen-bond donors (Lipinski definition) is 6. The topological polar surface area (TPSA) is 215 Å². The van der Waals surface area contributed by atoms with E-state index in [2.05, 4.69) is 15.6 Å². The van der Waals surface area contributed by atoms with Crippen molar-refractivity contribution in [3.8, 4) is 5.75 Å². The first-order valence-electron chi connectivity index (χ1n) is 16.0. The van der Waals surface area contributed by atoms with E-state index in [1.807, 2.05) is 24.3 Å². The van der Waals surface area contributed by atoms with E-state index in [0.29, 0.717) is 18.4 Å². The van der Waals surface area contributed by atoms with Crippen molar-refractivity contribution in [1.29, 1.82) is 0 Å². The molecule has 15 heteroatoms. The Morgan fingerprint density at radius 3 is 2.41 bits per heavy atom. The van der Waals surface area contributed by atoms with Crippen molar-refractivity contribution in [2.75, 3.05) is 19.5 Å². The number of phenolic OH excluding ortho intramolecular Hbond substituents is 1. The monoisotopic (exact) mass is 696 g/mol. The number of para-hydroxylation sites is 1. The number of alkyl halides is 1. The number of amides is 5. The Balaban J connectivity index is 1.62. The molecule has 0 aliphatic carbocycles. The van der Waals surface area contributed by atoms with Crippen molar-refractivity contribution in [1.82, 2.24) is 25.4 Å². The van der Waals surface area contributed by atoms with Gasteiger partial charge in [-0.25, -0.2) is 0 Å². The maximum atomic E-state index is 14.2. The van der Waals surface area contributed by atoms with Crippen LogP contribution in [0.3, 0.4) is 0 Å². The van der Waals surface area contributed by atoms with Crippen LogP contribution in [0.25, 0.3) is 10.9 Å². The number of phenols is 1. The molecule has 49 heavy (non-hydrogen) atoms. The first-order chi connectivity index (χ1) is 23.4. The average Bonchev–Trinajstić information content (AvgIpc) is 3.50. The normalized spacial score (nSPS) is 16.3. The summed E-state index contributed by atoms with van der Waals surface area (Å²) in [6, 6.07) is 9.08. The number of halogens is 1. The molecular weight excluding hydrogens is 656 g/mol. The number of primary amides is 1. The summed E-state index contributed by atoms with van der Waals surface area (Å²) in [4.78, 5) is 83.6. The predicted octanol–water partition coefficient (Wildman–Crippen LogP) is 1.43. The lowest BCUT2D eigenvalue weighted by molar-refractivity contribution is -0.147. The van der Waals surface area contributed by atoms with Gasteiger partial charge in [0, 0.05) is 50.0 Å². The van der Waals surface area contributed by atoms with Gasteiger partial charge in [-0.1, -0.05) is 30.3 Å². The zero-order valence-corrected chi connectivity index (χ0v) is 27.8. The highest BCUT2D eigenvalue weighted by atomic mass is 35.5. The number of benzene rings is 2. The van der Waals surface area contributed by atoms with E-state index in [4.69, 9.17) is 17.3 Å². The SMILES string of the molecule is CN(C(=O)C(Cc1c[nH]c2ccccc12)NC(=O)C1CCCCN1C(=O)C(CCC(=O)O)NC(=O)CCl)C(Cc1ccc(O)cc1)C(N)=O. The molecule has 1 saturated heterocycles. The van der Waals surface area contributed by atoms with Crippen molar-refractivity contribution in [2.24, 2.45) is 5.73 Å². The summed E-state index contributed by atoms with van der Waals surface area (Å²) < 4.78 is 0. The van der Waals surface area contributed by atoms with Crippen LogP contribution in [0.5, 0.6) is 5.75 Å². The van der Waals surface area contributed by atoms with Crippen LogP contribution in [0, 0.1) is 0 Å². The minimum atomic E-state index is -1.22. The van der Waals surface area contributed by atoms with E-state index in [-0.39, 0.29) is 38.0 Å². The van der Waals surface area contributed by atoms with E-state index in [1.165, 1.54) is 29.0 Å². The number of H-pyrrole nitrogens is 1. The zero-order valence-electron chi connectivity index (χ0n) is 27.1. The fourth-order valence-electron chi connectivity index (χ4n) is 6.10. The van der Waals surface area contributed by atoms with Gasteiger partial charge in [0.15, 0.2) is 0 Å². The number of likely N-dealkylation sites (tertiary alicyclic amines) is 1. The number of hydrogen-bond acceptors (Lipinski definition) is 7. The Kier molecular flexibility index (Phi) is 12.6. The molecule has 0 saturated carbocycles. The molecule has 5 amide bonds. The Morgan fingerprint density at radius 1 is 1.02 bits per heavy atom. The number of likely N-dealkylation sites (N-methyl/N-ethyl adjacent to an activating group) is 1. The van der Waals surface area contributed by atoms with Gasteiger partial charge in [0.1, 0.15) is 35.8 Å². The van der Waals surface area contributed by atoms with E-state index in [0.717, 1.165) is 16.5 Å². The van der Waals surface area contributed by atoms with Gasteiger partial charge in [-0.3, -0.25) is 28.8 Å². The number of carboxylic acids is 1. The molecular formula is C34H41ClN6O8. The number of piperidine rings is 1. The molecule has 1 aromatic heterocycles. The number of rotatable bonds is 15. The minimum Gasteiger partial charge on any atom is -0.508 e. The summed E-state index contributed by atoms with van der Waals surface area (Å²) in [6.07, 6.45) is 2.67. The van der Waals surface area contributed by atoms with Crippen molar-refractivity contribution in [3.05, 3.63) is 65.9 Å². The second-order valence-electron chi connectivity index (χ2n) is 12.1. The van der Waals surface area contributed by atoms with E-state index in [9.17, 15) is 39.0 Å². The van der Waals surface area contributed by atoms with Gasteiger partial charge < -0.3 is 41.4 Å². The second kappa shape index (κ2) is 16.8. The molecule has 3 aromatic rings. The molecule has 0 bridgehead atoms. The number of carboxylic acid groups (broad SMARTS) is 1. The summed E-state index contributed by atoms with van der Waals surface area (Å²) in [7, 11) is 1.43. The van der Waals surface area contributed by atoms with Gasteiger partial charge in [-0.15, -0.1) is 11.6 Å². The van der Waals surface area contributed by atoms with Gasteiger partial charge in [-0.2, -0.15) is 0 Å². The Labute approximate surface area is 287 Å². The molecule has 4 rings (SSSR count). The third-order valence-corrected chi connectivity index (χ3v) is 8.96. The third-order valence-electron chi connectivity index (χ3n) is 8.71. The molecule has 1 aliphatic rings. The number of nitrogens with one attached hydrogen (secondary N) is 3. The second-order valence-corrected chi connectivity index (χ2v) is 12.4. The number of aliphatic carboxylic acids is 1. The fourth-order valence-corrected chi connectivity index (χ4v) is 6.17. The van der Waals surface area contributed by atoms with Gasteiger partial charge >= 0.3 is 5.97 Å². The average molecular weight is 697 g/mol. The fraction of sp³-hybridized carbons (Fsp3) is 0.412. The Morgan fingerprint density at radius 2 is 1.73 bits per heavy atom. The molecule has 1 aliphatic heterocycles. The molecule has 2 aromatic carbocycles. The van der Waals surface area contributed by atoms with Crippen molar-refractivity contribution >= 4 is 58.0 Å². The quantitative estimate of drug-likeness (QED) is 0.128.